The van der Waals surface area contributed by atoms with Crippen LogP contribution in [0.1, 0.15) is 29.5 Å². The number of carbonyl (C=O) groups is 1. The van der Waals surface area contributed by atoms with Crippen LogP contribution in [0.25, 0.3) is 11.3 Å². The van der Waals surface area contributed by atoms with E-state index in [0.29, 0.717) is 23.4 Å². The smallest absolute Gasteiger partial charge is 0.266 e. The number of aromatic nitrogens is 2. The molecule has 0 saturated carbocycles. The van der Waals surface area contributed by atoms with Gasteiger partial charge in [0.25, 0.3) is 11.5 Å². The Balaban J connectivity index is 1.94. The van der Waals surface area contributed by atoms with Crippen LogP contribution in [-0.4, -0.2) is 38.3 Å². The average molecular weight is 381 g/mol. The molecule has 146 valence electrons. The average Bonchev–Trinajstić information content (AvgIpc) is 3.23. The zero-order valence-electron chi connectivity index (χ0n) is 15.9. The van der Waals surface area contributed by atoms with Crippen LogP contribution in [-0.2, 0) is 13.6 Å². The van der Waals surface area contributed by atoms with Gasteiger partial charge < -0.3 is 14.4 Å². The van der Waals surface area contributed by atoms with Gasteiger partial charge in [-0.25, -0.2) is 4.68 Å². The Morgan fingerprint density at radius 1 is 1.25 bits per heavy atom. The molecule has 3 rings (SSSR count). The fraction of sp³-hybridized carbons (Fsp3) is 0.286. The van der Waals surface area contributed by atoms with Crippen molar-refractivity contribution in [3.8, 4) is 11.3 Å². The molecular formula is C21H23N3O4. The molecule has 28 heavy (non-hydrogen) atoms. The van der Waals surface area contributed by atoms with Crippen molar-refractivity contribution < 1.29 is 14.3 Å². The van der Waals surface area contributed by atoms with Crippen molar-refractivity contribution in [1.29, 1.82) is 0 Å². The summed E-state index contributed by atoms with van der Waals surface area (Å²) in [5, 5.41) is 14.0. The molecule has 3 aromatic rings. The number of rotatable bonds is 7. The van der Waals surface area contributed by atoms with E-state index < -0.39 is 0 Å². The van der Waals surface area contributed by atoms with E-state index in [2.05, 4.69) is 5.10 Å². The highest BCUT2D eigenvalue weighted by molar-refractivity contribution is 5.95. The second-order valence-electron chi connectivity index (χ2n) is 6.52. The van der Waals surface area contributed by atoms with E-state index in [1.165, 1.54) is 10.7 Å². The number of aliphatic hydroxyl groups excluding tert-OH is 1. The minimum absolute atomic E-state index is 0.134. The van der Waals surface area contributed by atoms with E-state index in [-0.39, 0.29) is 30.7 Å². The summed E-state index contributed by atoms with van der Waals surface area (Å²) in [5.41, 5.74) is 1.61. The molecular weight excluding hydrogens is 358 g/mol. The van der Waals surface area contributed by atoms with Crippen LogP contribution in [0.5, 0.6) is 0 Å². The lowest BCUT2D eigenvalue weighted by atomic mass is 10.1. The molecule has 0 aliphatic heterocycles. The number of aryl methyl sites for hydroxylation is 1. The number of carbonyl (C=O) groups excluding carboxylic acids is 1. The van der Waals surface area contributed by atoms with Gasteiger partial charge in [-0.15, -0.1) is 0 Å². The molecule has 0 saturated heterocycles. The van der Waals surface area contributed by atoms with Crippen molar-refractivity contribution in [2.75, 3.05) is 6.61 Å². The van der Waals surface area contributed by atoms with Gasteiger partial charge in [0.2, 0.25) is 0 Å². The molecule has 0 radical (unpaired) electrons. The van der Waals surface area contributed by atoms with E-state index in [1.54, 1.807) is 54.6 Å². The first-order chi connectivity index (χ1) is 13.5. The molecule has 2 heterocycles. The van der Waals surface area contributed by atoms with Crippen molar-refractivity contribution in [2.24, 2.45) is 7.05 Å². The highest BCUT2D eigenvalue weighted by Gasteiger charge is 2.24. The maximum atomic E-state index is 13.2. The van der Waals surface area contributed by atoms with Crippen molar-refractivity contribution in [3.05, 3.63) is 76.5 Å². The second kappa shape index (κ2) is 8.67. The molecule has 0 spiro atoms. The Bertz CT molecular complexity index is 991. The lowest BCUT2D eigenvalue weighted by Crippen LogP contribution is -2.41. The number of benzene rings is 1. The van der Waals surface area contributed by atoms with E-state index in [1.807, 2.05) is 13.0 Å². The molecule has 0 aliphatic carbocycles. The third-order valence-electron chi connectivity index (χ3n) is 4.66. The van der Waals surface area contributed by atoms with Crippen molar-refractivity contribution in [1.82, 2.24) is 14.7 Å². The van der Waals surface area contributed by atoms with Gasteiger partial charge >= 0.3 is 0 Å². The number of nitrogens with zero attached hydrogens (tertiary/aromatic N) is 3. The number of hydrogen-bond donors (Lipinski definition) is 1. The van der Waals surface area contributed by atoms with Crippen LogP contribution >= 0.6 is 0 Å². The van der Waals surface area contributed by atoms with Gasteiger partial charge in [-0.2, -0.15) is 5.10 Å². The SMILES string of the molecule is CC[C@H](CO)N(Cc1ccco1)C(=O)c1cccc(-c2ccc(=O)n(C)n2)c1. The summed E-state index contributed by atoms with van der Waals surface area (Å²) < 4.78 is 6.64. The highest BCUT2D eigenvalue weighted by atomic mass is 16.3. The molecule has 1 amide bonds. The van der Waals surface area contributed by atoms with Crippen LogP contribution in [0.15, 0.2) is 64.0 Å². The van der Waals surface area contributed by atoms with Crippen LogP contribution in [0.3, 0.4) is 0 Å². The second-order valence-corrected chi connectivity index (χ2v) is 6.52. The molecule has 7 nitrogen and oxygen atoms in total. The molecule has 1 aromatic carbocycles. The summed E-state index contributed by atoms with van der Waals surface area (Å²) in [5.74, 6) is 0.445. The van der Waals surface area contributed by atoms with Gasteiger partial charge in [0.15, 0.2) is 0 Å². The maximum Gasteiger partial charge on any atom is 0.266 e. The van der Waals surface area contributed by atoms with Gasteiger partial charge in [0, 0.05) is 24.2 Å². The normalized spacial score (nSPS) is 12.0. The van der Waals surface area contributed by atoms with Gasteiger partial charge in [0.05, 0.1) is 31.2 Å². The number of hydrogen-bond acceptors (Lipinski definition) is 5. The summed E-state index contributed by atoms with van der Waals surface area (Å²) in [6.45, 7) is 2.06. The number of furan rings is 1. The first-order valence-corrected chi connectivity index (χ1v) is 9.12. The van der Waals surface area contributed by atoms with Crippen LogP contribution < -0.4 is 5.56 Å². The summed E-state index contributed by atoms with van der Waals surface area (Å²) in [6.07, 6.45) is 2.18. The molecule has 0 bridgehead atoms. The van der Waals surface area contributed by atoms with Crippen LogP contribution in [0.2, 0.25) is 0 Å². The standard InChI is InChI=1S/C21H23N3O4/c1-3-17(14-25)24(13-18-8-5-11-28-18)21(27)16-7-4-6-15(12-16)19-9-10-20(26)23(2)22-19/h4-12,17,25H,3,13-14H2,1-2H3/t17-/m1/s1. The van der Waals surface area contributed by atoms with Crippen LogP contribution in [0, 0.1) is 0 Å². The zero-order valence-corrected chi connectivity index (χ0v) is 15.9. The van der Waals surface area contributed by atoms with E-state index in [4.69, 9.17) is 4.42 Å². The molecule has 0 unspecified atom stereocenters. The monoisotopic (exact) mass is 381 g/mol. The predicted octanol–water partition coefficient (Wildman–Crippen LogP) is 2.45. The quantitative estimate of drug-likeness (QED) is 0.679. The Morgan fingerprint density at radius 3 is 2.71 bits per heavy atom. The summed E-state index contributed by atoms with van der Waals surface area (Å²) in [6, 6.07) is 13.4. The topological polar surface area (TPSA) is 88.6 Å². The highest BCUT2D eigenvalue weighted by Crippen LogP contribution is 2.21. The Kier molecular flexibility index (Phi) is 6.06. The largest absolute Gasteiger partial charge is 0.467 e. The molecule has 1 atom stereocenters. The minimum Gasteiger partial charge on any atom is -0.467 e. The fourth-order valence-electron chi connectivity index (χ4n) is 3.02. The van der Waals surface area contributed by atoms with E-state index >= 15 is 0 Å². The lowest BCUT2D eigenvalue weighted by Gasteiger charge is -2.29. The third kappa shape index (κ3) is 4.20. The summed E-state index contributed by atoms with van der Waals surface area (Å²) in [4.78, 5) is 26.4. The number of aliphatic hydroxyl groups is 1. The lowest BCUT2D eigenvalue weighted by molar-refractivity contribution is 0.0545. The molecule has 0 fully saturated rings. The minimum atomic E-state index is -0.322. The number of amides is 1. The van der Waals surface area contributed by atoms with Crippen molar-refractivity contribution >= 4 is 5.91 Å². The van der Waals surface area contributed by atoms with E-state index in [9.17, 15) is 14.7 Å². The summed E-state index contributed by atoms with van der Waals surface area (Å²) in [7, 11) is 1.58. The maximum absolute atomic E-state index is 13.2. The van der Waals surface area contributed by atoms with Crippen molar-refractivity contribution in [3.63, 3.8) is 0 Å². The predicted molar refractivity (Wildman–Crippen MR) is 105 cm³/mol. The Labute approximate surface area is 162 Å². The van der Waals surface area contributed by atoms with Gasteiger partial charge in [-0.3, -0.25) is 9.59 Å². The zero-order chi connectivity index (χ0) is 20.1. The van der Waals surface area contributed by atoms with Gasteiger partial charge in [-0.1, -0.05) is 19.1 Å². The third-order valence-corrected chi connectivity index (χ3v) is 4.66. The molecule has 7 heteroatoms. The van der Waals surface area contributed by atoms with Crippen molar-refractivity contribution in [2.45, 2.75) is 25.9 Å². The molecule has 0 aliphatic rings. The Morgan fingerprint density at radius 2 is 2.07 bits per heavy atom. The Hall–Kier alpha value is -3.19. The molecule has 2 aromatic heterocycles. The van der Waals surface area contributed by atoms with Gasteiger partial charge in [0.1, 0.15) is 5.76 Å². The fourth-order valence-corrected chi connectivity index (χ4v) is 3.02. The first-order valence-electron chi connectivity index (χ1n) is 9.12. The van der Waals surface area contributed by atoms with Gasteiger partial charge in [-0.05, 0) is 36.8 Å². The van der Waals surface area contributed by atoms with E-state index in [0.717, 1.165) is 5.56 Å². The first kappa shape index (κ1) is 19.6. The summed E-state index contributed by atoms with van der Waals surface area (Å²) >= 11 is 0. The van der Waals surface area contributed by atoms with Crippen LogP contribution in [0.4, 0.5) is 0 Å². The molecule has 1 N–H and O–H groups in total.